The summed E-state index contributed by atoms with van der Waals surface area (Å²) >= 11 is 0. The summed E-state index contributed by atoms with van der Waals surface area (Å²) in [7, 11) is 0. The van der Waals surface area contributed by atoms with E-state index in [0.717, 1.165) is 11.3 Å². The van der Waals surface area contributed by atoms with Gasteiger partial charge < -0.3 is 9.67 Å². The number of carboxylic acid groups (broad SMARTS) is 1. The second-order valence-electron chi connectivity index (χ2n) is 6.03. The van der Waals surface area contributed by atoms with Gasteiger partial charge in [-0.05, 0) is 37.8 Å². The highest BCUT2D eigenvalue weighted by atomic mass is 16.4. The van der Waals surface area contributed by atoms with Crippen LogP contribution in [0, 0.1) is 0 Å². The number of aromatic nitrogens is 2. The van der Waals surface area contributed by atoms with Crippen molar-refractivity contribution in [2.75, 3.05) is 0 Å². The van der Waals surface area contributed by atoms with Crippen LogP contribution < -0.4 is 0 Å². The lowest BCUT2D eigenvalue weighted by Crippen LogP contribution is -2.08. The molecule has 0 atom stereocenters. The molecule has 4 nitrogen and oxygen atoms in total. The third kappa shape index (κ3) is 1.74. The summed E-state index contributed by atoms with van der Waals surface area (Å²) in [6.07, 6.45) is 7.32. The van der Waals surface area contributed by atoms with E-state index < -0.39 is 5.97 Å². The van der Waals surface area contributed by atoms with E-state index in [-0.39, 0.29) is 0 Å². The molecule has 0 radical (unpaired) electrons. The lowest BCUT2D eigenvalue weighted by atomic mass is 10.1. The summed E-state index contributed by atoms with van der Waals surface area (Å²) in [5.74, 6) is 0.791. The summed E-state index contributed by atoms with van der Waals surface area (Å²) in [5, 5.41) is 9.35. The van der Waals surface area contributed by atoms with Crippen LogP contribution in [-0.2, 0) is 0 Å². The van der Waals surface area contributed by atoms with Crippen LogP contribution in [0.4, 0.5) is 0 Å². The van der Waals surface area contributed by atoms with Crippen molar-refractivity contribution in [3.63, 3.8) is 0 Å². The Kier molecular flexibility index (Phi) is 2.59. The number of aromatic carboxylic acids is 1. The third-order valence-corrected chi connectivity index (χ3v) is 4.61. The molecule has 2 fully saturated rings. The van der Waals surface area contributed by atoms with E-state index in [1.165, 1.54) is 38.5 Å². The Morgan fingerprint density at radius 3 is 2.60 bits per heavy atom. The van der Waals surface area contributed by atoms with E-state index in [4.69, 9.17) is 4.98 Å². The van der Waals surface area contributed by atoms with E-state index in [2.05, 4.69) is 4.57 Å². The Hall–Kier alpha value is -1.84. The van der Waals surface area contributed by atoms with Crippen molar-refractivity contribution in [1.29, 1.82) is 0 Å². The molecule has 1 N–H and O–H groups in total. The number of benzene rings is 1. The first kappa shape index (κ1) is 11.9. The molecule has 2 aromatic rings. The van der Waals surface area contributed by atoms with Crippen LogP contribution in [-0.4, -0.2) is 20.6 Å². The average Bonchev–Trinajstić information content (AvgIpc) is 3.00. The van der Waals surface area contributed by atoms with Gasteiger partial charge in [-0.25, -0.2) is 9.78 Å². The Morgan fingerprint density at radius 1 is 1.20 bits per heavy atom. The normalized spacial score (nSPS) is 19.8. The second kappa shape index (κ2) is 4.33. The smallest absolute Gasteiger partial charge is 0.337 e. The summed E-state index contributed by atoms with van der Waals surface area (Å²) in [6, 6.07) is 6.04. The van der Waals surface area contributed by atoms with E-state index in [0.29, 0.717) is 23.0 Å². The Labute approximate surface area is 117 Å². The molecule has 0 bridgehead atoms. The summed E-state index contributed by atoms with van der Waals surface area (Å²) < 4.78 is 2.35. The van der Waals surface area contributed by atoms with Crippen molar-refractivity contribution < 1.29 is 9.90 Å². The fourth-order valence-electron chi connectivity index (χ4n) is 3.48. The molecule has 0 aliphatic heterocycles. The van der Waals surface area contributed by atoms with Crippen LogP contribution in [0.3, 0.4) is 0 Å². The van der Waals surface area contributed by atoms with Crippen LogP contribution >= 0.6 is 0 Å². The molecule has 1 aromatic heterocycles. The van der Waals surface area contributed by atoms with Gasteiger partial charge in [0.25, 0.3) is 0 Å². The van der Waals surface area contributed by atoms with Gasteiger partial charge in [-0.15, -0.1) is 0 Å². The number of para-hydroxylation sites is 1. The number of carboxylic acids is 1. The Bertz CT molecular complexity index is 679. The van der Waals surface area contributed by atoms with Crippen LogP contribution in [0.15, 0.2) is 18.2 Å². The van der Waals surface area contributed by atoms with Crippen molar-refractivity contribution in [2.45, 2.75) is 50.5 Å². The number of fused-ring (bicyclic) bond motifs is 1. The predicted octanol–water partition coefficient (Wildman–Crippen LogP) is 3.73. The number of hydrogen-bond donors (Lipinski definition) is 1. The molecule has 0 unspecified atom stereocenters. The number of hydrogen-bond acceptors (Lipinski definition) is 2. The van der Waals surface area contributed by atoms with Crippen LogP contribution in [0.5, 0.6) is 0 Å². The van der Waals surface area contributed by atoms with Gasteiger partial charge in [0.05, 0.1) is 11.1 Å². The van der Waals surface area contributed by atoms with Crippen molar-refractivity contribution in [2.24, 2.45) is 0 Å². The Morgan fingerprint density at radius 2 is 1.95 bits per heavy atom. The first-order chi connectivity index (χ1) is 9.75. The van der Waals surface area contributed by atoms with Crippen molar-refractivity contribution in [1.82, 2.24) is 9.55 Å². The van der Waals surface area contributed by atoms with Gasteiger partial charge >= 0.3 is 5.97 Å². The second-order valence-corrected chi connectivity index (χ2v) is 6.03. The lowest BCUT2D eigenvalue weighted by molar-refractivity contribution is 0.0699. The Balaban J connectivity index is 1.96. The molecule has 2 aliphatic rings. The van der Waals surface area contributed by atoms with Gasteiger partial charge in [0, 0.05) is 12.0 Å². The van der Waals surface area contributed by atoms with Gasteiger partial charge in [0.15, 0.2) is 0 Å². The fraction of sp³-hybridized carbons (Fsp3) is 0.500. The van der Waals surface area contributed by atoms with E-state index in [1.54, 1.807) is 6.07 Å². The quantitative estimate of drug-likeness (QED) is 0.924. The lowest BCUT2D eigenvalue weighted by Gasteiger charge is -2.16. The molecule has 2 aliphatic carbocycles. The molecular formula is C16H18N2O2. The summed E-state index contributed by atoms with van der Waals surface area (Å²) in [5.41, 5.74) is 2.02. The molecule has 4 rings (SSSR count). The number of rotatable bonds is 3. The predicted molar refractivity (Wildman–Crippen MR) is 76.2 cm³/mol. The van der Waals surface area contributed by atoms with Gasteiger partial charge in [0.1, 0.15) is 11.3 Å². The first-order valence-corrected chi connectivity index (χ1v) is 7.50. The number of nitrogens with zero attached hydrogens (tertiary/aromatic N) is 2. The van der Waals surface area contributed by atoms with Crippen molar-refractivity contribution in [3.8, 4) is 0 Å². The zero-order valence-corrected chi connectivity index (χ0v) is 11.4. The maximum atomic E-state index is 11.4. The van der Waals surface area contributed by atoms with E-state index >= 15 is 0 Å². The molecule has 20 heavy (non-hydrogen) atoms. The van der Waals surface area contributed by atoms with Crippen molar-refractivity contribution >= 4 is 17.0 Å². The molecule has 104 valence electrons. The molecule has 2 saturated carbocycles. The third-order valence-electron chi connectivity index (χ3n) is 4.61. The highest BCUT2D eigenvalue weighted by Gasteiger charge is 2.33. The first-order valence-electron chi connectivity index (χ1n) is 7.50. The number of carbonyl (C=O) groups is 1. The van der Waals surface area contributed by atoms with Crippen LogP contribution in [0.25, 0.3) is 11.0 Å². The number of imidazole rings is 1. The largest absolute Gasteiger partial charge is 0.478 e. The highest BCUT2D eigenvalue weighted by molar-refractivity contribution is 6.01. The topological polar surface area (TPSA) is 55.1 Å². The minimum Gasteiger partial charge on any atom is -0.478 e. The zero-order chi connectivity index (χ0) is 13.7. The van der Waals surface area contributed by atoms with Crippen LogP contribution in [0.1, 0.15) is 66.7 Å². The minimum absolute atomic E-state index is 0.334. The maximum Gasteiger partial charge on any atom is 0.337 e. The summed E-state index contributed by atoms with van der Waals surface area (Å²) in [4.78, 5) is 16.1. The fourth-order valence-corrected chi connectivity index (χ4v) is 3.48. The molecule has 0 saturated heterocycles. The van der Waals surface area contributed by atoms with Gasteiger partial charge in [-0.3, -0.25) is 0 Å². The molecule has 1 heterocycles. The highest BCUT2D eigenvalue weighted by Crippen LogP contribution is 2.44. The average molecular weight is 270 g/mol. The monoisotopic (exact) mass is 270 g/mol. The molecule has 4 heteroatoms. The molecule has 0 spiro atoms. The van der Waals surface area contributed by atoms with Crippen molar-refractivity contribution in [3.05, 3.63) is 29.6 Å². The van der Waals surface area contributed by atoms with Crippen LogP contribution in [0.2, 0.25) is 0 Å². The zero-order valence-electron chi connectivity index (χ0n) is 11.4. The minimum atomic E-state index is -0.881. The van der Waals surface area contributed by atoms with Gasteiger partial charge in [-0.1, -0.05) is 18.9 Å². The van der Waals surface area contributed by atoms with Gasteiger partial charge in [-0.2, -0.15) is 0 Å². The van der Waals surface area contributed by atoms with Gasteiger partial charge in [0.2, 0.25) is 0 Å². The maximum absolute atomic E-state index is 11.4. The molecule has 0 amide bonds. The standard InChI is InChI=1S/C16H18N2O2/c19-16(20)12-6-3-7-13-14(12)17-15(10-8-9-10)18(13)11-4-1-2-5-11/h3,6-7,10-11H,1-2,4-5,8-9H2,(H,19,20). The molecule has 1 aromatic carbocycles. The SMILES string of the molecule is O=C(O)c1cccc2c1nc(C1CC1)n2C1CCCC1. The summed E-state index contributed by atoms with van der Waals surface area (Å²) in [6.45, 7) is 0. The van der Waals surface area contributed by atoms with E-state index in [1.807, 2.05) is 12.1 Å². The van der Waals surface area contributed by atoms with E-state index in [9.17, 15) is 9.90 Å². The molecular weight excluding hydrogens is 252 g/mol.